The van der Waals surface area contributed by atoms with Crippen LogP contribution in [0, 0.1) is 0 Å². The average Bonchev–Trinajstić information content (AvgIpc) is 2.94. The van der Waals surface area contributed by atoms with Gasteiger partial charge in [0.2, 0.25) is 5.91 Å². The summed E-state index contributed by atoms with van der Waals surface area (Å²) < 4.78 is 4.89. The molecule has 1 rings (SSSR count). The molecule has 8 nitrogen and oxygen atoms in total. The third-order valence-corrected chi connectivity index (χ3v) is 2.68. The summed E-state index contributed by atoms with van der Waals surface area (Å²) >= 11 is 0. The van der Waals surface area contributed by atoms with Gasteiger partial charge in [-0.25, -0.2) is 4.79 Å². The highest BCUT2D eigenvalue weighted by molar-refractivity contribution is 5.91. The fourth-order valence-electron chi connectivity index (χ4n) is 1.58. The first-order valence-electron chi connectivity index (χ1n) is 6.43. The van der Waals surface area contributed by atoms with Gasteiger partial charge in [-0.05, 0) is 25.5 Å². The molecule has 1 aromatic rings. The number of carboxylic acids is 1. The van der Waals surface area contributed by atoms with Crippen molar-refractivity contribution in [1.29, 1.82) is 0 Å². The van der Waals surface area contributed by atoms with Crippen LogP contribution in [0.3, 0.4) is 0 Å². The fourth-order valence-corrected chi connectivity index (χ4v) is 1.58. The number of amides is 2. The molecule has 0 spiro atoms. The first-order chi connectivity index (χ1) is 9.91. The van der Waals surface area contributed by atoms with E-state index in [-0.39, 0.29) is 24.6 Å². The smallest absolute Gasteiger partial charge is 0.328 e. The van der Waals surface area contributed by atoms with E-state index < -0.39 is 24.0 Å². The molecular weight excluding hydrogens is 280 g/mol. The Balaban J connectivity index is 2.24. The first kappa shape index (κ1) is 16.7. The highest BCUT2D eigenvalue weighted by atomic mass is 16.4. The van der Waals surface area contributed by atoms with E-state index in [0.717, 1.165) is 0 Å². The zero-order chi connectivity index (χ0) is 15.8. The standard InChI is InChI=1S/C13H18N2O6/c1-8(16)11(13(19)20)15-10(17)5-2-6-14-12(18)9-4-3-7-21-9/h3-4,7-8,11,16H,2,5-6H2,1H3,(H,14,18)(H,15,17)(H,19,20). The molecule has 116 valence electrons. The molecule has 0 aliphatic carbocycles. The zero-order valence-electron chi connectivity index (χ0n) is 11.5. The van der Waals surface area contributed by atoms with Crippen molar-refractivity contribution in [2.75, 3.05) is 6.54 Å². The number of carboxylic acid groups (broad SMARTS) is 1. The van der Waals surface area contributed by atoms with Gasteiger partial charge in [0.25, 0.3) is 5.91 Å². The second-order valence-corrected chi connectivity index (χ2v) is 4.46. The Hall–Kier alpha value is -2.35. The van der Waals surface area contributed by atoms with Crippen LogP contribution in [0.15, 0.2) is 22.8 Å². The Morgan fingerprint density at radius 2 is 2.10 bits per heavy atom. The monoisotopic (exact) mass is 298 g/mol. The lowest BCUT2D eigenvalue weighted by Crippen LogP contribution is -2.47. The van der Waals surface area contributed by atoms with E-state index in [2.05, 4.69) is 10.6 Å². The van der Waals surface area contributed by atoms with Crippen LogP contribution in [0.5, 0.6) is 0 Å². The minimum atomic E-state index is -1.34. The number of aliphatic hydroxyl groups is 1. The minimum absolute atomic E-state index is 0.0366. The van der Waals surface area contributed by atoms with Gasteiger partial charge >= 0.3 is 5.97 Å². The van der Waals surface area contributed by atoms with Crippen LogP contribution < -0.4 is 10.6 Å². The lowest BCUT2D eigenvalue weighted by atomic mass is 10.1. The summed E-state index contributed by atoms with van der Waals surface area (Å²) in [6.07, 6.45) is 0.564. The van der Waals surface area contributed by atoms with Gasteiger partial charge in [-0.2, -0.15) is 0 Å². The number of carbonyl (C=O) groups is 3. The Morgan fingerprint density at radius 1 is 1.38 bits per heavy atom. The summed E-state index contributed by atoms with van der Waals surface area (Å²) in [5.41, 5.74) is 0. The van der Waals surface area contributed by atoms with Gasteiger partial charge in [0.1, 0.15) is 0 Å². The predicted molar refractivity (Wildman–Crippen MR) is 71.5 cm³/mol. The quantitative estimate of drug-likeness (QED) is 0.489. The number of hydrogen-bond acceptors (Lipinski definition) is 5. The van der Waals surface area contributed by atoms with Crippen LogP contribution in [-0.2, 0) is 9.59 Å². The predicted octanol–water partition coefficient (Wildman–Crippen LogP) is -0.260. The number of rotatable bonds is 8. The van der Waals surface area contributed by atoms with Gasteiger partial charge in [0.05, 0.1) is 12.4 Å². The first-order valence-corrected chi connectivity index (χ1v) is 6.43. The number of hydrogen-bond donors (Lipinski definition) is 4. The maximum atomic E-state index is 11.5. The minimum Gasteiger partial charge on any atom is -0.480 e. The molecule has 0 saturated carbocycles. The molecule has 2 amide bonds. The van der Waals surface area contributed by atoms with Crippen LogP contribution in [0.2, 0.25) is 0 Å². The van der Waals surface area contributed by atoms with Gasteiger partial charge in [-0.1, -0.05) is 0 Å². The molecule has 8 heteroatoms. The van der Waals surface area contributed by atoms with Crippen molar-refractivity contribution < 1.29 is 29.0 Å². The second-order valence-electron chi connectivity index (χ2n) is 4.46. The summed E-state index contributed by atoms with van der Waals surface area (Å²) in [6.45, 7) is 1.53. The zero-order valence-corrected chi connectivity index (χ0v) is 11.5. The summed E-state index contributed by atoms with van der Waals surface area (Å²) in [5.74, 6) is -2.01. The van der Waals surface area contributed by atoms with Crippen molar-refractivity contribution in [3.05, 3.63) is 24.2 Å². The maximum Gasteiger partial charge on any atom is 0.328 e. The number of furan rings is 1. The van der Waals surface area contributed by atoms with E-state index in [9.17, 15) is 19.5 Å². The average molecular weight is 298 g/mol. The van der Waals surface area contributed by atoms with Crippen molar-refractivity contribution >= 4 is 17.8 Å². The van der Waals surface area contributed by atoms with E-state index in [1.165, 1.54) is 19.3 Å². The van der Waals surface area contributed by atoms with Crippen molar-refractivity contribution in [3.8, 4) is 0 Å². The molecule has 0 aliphatic rings. The van der Waals surface area contributed by atoms with Crippen molar-refractivity contribution in [2.24, 2.45) is 0 Å². The fraction of sp³-hybridized carbons (Fsp3) is 0.462. The number of aliphatic hydroxyl groups excluding tert-OH is 1. The van der Waals surface area contributed by atoms with Gasteiger partial charge in [0.15, 0.2) is 11.8 Å². The Kier molecular flexibility index (Phi) is 6.41. The molecule has 0 aliphatic heterocycles. The molecule has 0 aromatic carbocycles. The van der Waals surface area contributed by atoms with Crippen LogP contribution in [0.25, 0.3) is 0 Å². The molecule has 4 N–H and O–H groups in total. The summed E-state index contributed by atoms with van der Waals surface area (Å²) in [7, 11) is 0. The number of aliphatic carboxylic acids is 1. The van der Waals surface area contributed by atoms with Gasteiger partial charge in [-0.15, -0.1) is 0 Å². The van der Waals surface area contributed by atoms with E-state index in [4.69, 9.17) is 9.52 Å². The maximum absolute atomic E-state index is 11.5. The van der Waals surface area contributed by atoms with Crippen LogP contribution in [0.4, 0.5) is 0 Å². The van der Waals surface area contributed by atoms with Crippen LogP contribution in [0.1, 0.15) is 30.3 Å². The molecule has 2 unspecified atom stereocenters. The third kappa shape index (κ3) is 5.65. The molecule has 0 radical (unpaired) electrons. The molecule has 21 heavy (non-hydrogen) atoms. The molecule has 1 aromatic heterocycles. The topological polar surface area (TPSA) is 129 Å². The van der Waals surface area contributed by atoms with E-state index >= 15 is 0 Å². The SMILES string of the molecule is CC(O)C(NC(=O)CCCNC(=O)c1ccco1)C(=O)O. The lowest BCUT2D eigenvalue weighted by Gasteiger charge is -2.16. The van der Waals surface area contributed by atoms with Gasteiger partial charge in [0, 0.05) is 13.0 Å². The number of carbonyl (C=O) groups excluding carboxylic acids is 2. The summed E-state index contributed by atoms with van der Waals surface area (Å²) in [5, 5.41) is 22.8. The third-order valence-electron chi connectivity index (χ3n) is 2.68. The van der Waals surface area contributed by atoms with E-state index in [1.54, 1.807) is 6.07 Å². The molecule has 2 atom stereocenters. The Labute approximate surface area is 121 Å². The van der Waals surface area contributed by atoms with E-state index in [1.807, 2.05) is 0 Å². The van der Waals surface area contributed by atoms with Crippen LogP contribution >= 0.6 is 0 Å². The molecule has 0 fully saturated rings. The molecular formula is C13H18N2O6. The summed E-state index contributed by atoms with van der Waals surface area (Å²) in [6, 6.07) is 1.77. The van der Waals surface area contributed by atoms with Crippen molar-refractivity contribution in [3.63, 3.8) is 0 Å². The van der Waals surface area contributed by atoms with Crippen LogP contribution in [-0.4, -0.2) is 46.7 Å². The van der Waals surface area contributed by atoms with Gasteiger partial charge in [-0.3, -0.25) is 9.59 Å². The second kappa shape index (κ2) is 8.05. The normalized spacial score (nSPS) is 13.2. The van der Waals surface area contributed by atoms with Crippen molar-refractivity contribution in [1.82, 2.24) is 10.6 Å². The Morgan fingerprint density at radius 3 is 2.62 bits per heavy atom. The van der Waals surface area contributed by atoms with E-state index in [0.29, 0.717) is 6.42 Å². The lowest BCUT2D eigenvalue weighted by molar-refractivity contribution is -0.144. The Bertz CT molecular complexity index is 483. The molecule has 0 saturated heterocycles. The largest absolute Gasteiger partial charge is 0.480 e. The highest BCUT2D eigenvalue weighted by Gasteiger charge is 2.24. The molecule has 1 heterocycles. The molecule has 0 bridgehead atoms. The van der Waals surface area contributed by atoms with Crippen molar-refractivity contribution in [2.45, 2.75) is 31.9 Å². The van der Waals surface area contributed by atoms with Gasteiger partial charge < -0.3 is 25.3 Å². The number of nitrogens with one attached hydrogen (secondary N) is 2. The summed E-state index contributed by atoms with van der Waals surface area (Å²) in [4.78, 5) is 33.8. The highest BCUT2D eigenvalue weighted by Crippen LogP contribution is 2.00.